The lowest BCUT2D eigenvalue weighted by Crippen LogP contribution is -2.53. The van der Waals surface area contributed by atoms with Gasteiger partial charge in [-0.2, -0.15) is 0 Å². The molecule has 0 bridgehead atoms. The summed E-state index contributed by atoms with van der Waals surface area (Å²) in [7, 11) is 0. The molecule has 0 aromatic heterocycles. The van der Waals surface area contributed by atoms with Crippen LogP contribution in [0.15, 0.2) is 47.3 Å². The van der Waals surface area contributed by atoms with Crippen LogP contribution in [-0.2, 0) is 0 Å². The van der Waals surface area contributed by atoms with E-state index in [1.54, 1.807) is 6.92 Å². The molecule has 27 heavy (non-hydrogen) atoms. The molecule has 3 unspecified atom stereocenters. The van der Waals surface area contributed by atoms with Crippen LogP contribution < -0.4 is 0 Å². The van der Waals surface area contributed by atoms with Crippen molar-refractivity contribution in [1.29, 1.82) is 0 Å². The van der Waals surface area contributed by atoms with E-state index in [0.717, 1.165) is 24.0 Å². The molecule has 0 spiro atoms. The first-order valence-corrected chi connectivity index (χ1v) is 10.3. The van der Waals surface area contributed by atoms with Gasteiger partial charge in [0.05, 0.1) is 6.10 Å². The highest BCUT2D eigenvalue weighted by molar-refractivity contribution is 5.81. The van der Waals surface area contributed by atoms with Crippen molar-refractivity contribution in [3.05, 3.63) is 52.9 Å². The second kappa shape index (κ2) is 8.70. The van der Waals surface area contributed by atoms with Gasteiger partial charge in [-0.3, -0.25) is 0 Å². The molecule has 1 aliphatic carbocycles. The highest BCUT2D eigenvalue weighted by Crippen LogP contribution is 2.53. The summed E-state index contributed by atoms with van der Waals surface area (Å²) in [5, 5.41) is 22.5. The first-order chi connectivity index (χ1) is 12.7. The number of hydrogen-bond donors (Lipinski definition) is 2. The highest BCUT2D eigenvalue weighted by Gasteiger charge is 2.53. The van der Waals surface area contributed by atoms with E-state index in [0.29, 0.717) is 17.6 Å². The van der Waals surface area contributed by atoms with Crippen LogP contribution in [0.3, 0.4) is 0 Å². The Hall–Kier alpha value is -1.45. The molecule has 0 fully saturated rings. The van der Waals surface area contributed by atoms with Crippen LogP contribution in [0.1, 0.15) is 66.4 Å². The van der Waals surface area contributed by atoms with Crippen LogP contribution in [0.25, 0.3) is 5.57 Å². The minimum Gasteiger partial charge on any atom is -0.390 e. The lowest BCUT2D eigenvalue weighted by Gasteiger charge is -2.47. The van der Waals surface area contributed by atoms with Crippen molar-refractivity contribution < 1.29 is 14.6 Å². The van der Waals surface area contributed by atoms with Gasteiger partial charge < -0.3 is 10.2 Å². The number of aliphatic hydroxyl groups excluding tert-OH is 1. The maximum absolute atomic E-state index is 15.8. The van der Waals surface area contributed by atoms with Crippen LogP contribution in [0.2, 0.25) is 0 Å². The first-order valence-electron chi connectivity index (χ1n) is 10.3. The zero-order valence-corrected chi connectivity index (χ0v) is 17.6. The molecule has 150 valence electrons. The molecule has 2 N–H and O–H groups in total. The molecular formula is C24H35FO2. The molecule has 0 saturated carbocycles. The zero-order chi connectivity index (χ0) is 20.4. The van der Waals surface area contributed by atoms with Crippen molar-refractivity contribution in [1.82, 2.24) is 0 Å². The molecule has 0 aliphatic heterocycles. The van der Waals surface area contributed by atoms with Gasteiger partial charge in [0.25, 0.3) is 0 Å². The number of allylic oxidation sites excluding steroid dienone is 2. The summed E-state index contributed by atoms with van der Waals surface area (Å²) in [4.78, 5) is 0. The van der Waals surface area contributed by atoms with Crippen LogP contribution in [0, 0.1) is 17.8 Å². The van der Waals surface area contributed by atoms with E-state index in [4.69, 9.17) is 0 Å². The van der Waals surface area contributed by atoms with Gasteiger partial charge in [-0.1, -0.05) is 71.4 Å². The third-order valence-electron chi connectivity index (χ3n) is 5.76. The summed E-state index contributed by atoms with van der Waals surface area (Å²) in [6, 6.07) is 9.69. The van der Waals surface area contributed by atoms with Gasteiger partial charge in [0.2, 0.25) is 0 Å². The summed E-state index contributed by atoms with van der Waals surface area (Å²) in [5.74, 6) is -1.16. The van der Waals surface area contributed by atoms with E-state index < -0.39 is 17.6 Å². The molecule has 2 nitrogen and oxygen atoms in total. The monoisotopic (exact) mass is 374 g/mol. The van der Waals surface area contributed by atoms with Crippen molar-refractivity contribution >= 4 is 5.57 Å². The quantitative estimate of drug-likeness (QED) is 0.623. The van der Waals surface area contributed by atoms with Gasteiger partial charge in [-0.25, -0.2) is 4.39 Å². The lowest BCUT2D eigenvalue weighted by atomic mass is 9.62. The molecular weight excluding hydrogens is 339 g/mol. The van der Waals surface area contributed by atoms with Crippen molar-refractivity contribution in [2.45, 2.75) is 72.5 Å². The SMILES string of the molecule is CCCCC1=C(c2ccccc2)C(O)(C(C)O)C(C(C)C)C(F)=C1C(C)C. The predicted octanol–water partition coefficient (Wildman–Crippen LogP) is 5.91. The van der Waals surface area contributed by atoms with E-state index >= 15 is 4.39 Å². The normalized spacial score (nSPS) is 24.9. The average Bonchev–Trinajstić information content (AvgIpc) is 2.59. The van der Waals surface area contributed by atoms with Gasteiger partial charge >= 0.3 is 0 Å². The third kappa shape index (κ3) is 3.90. The largest absolute Gasteiger partial charge is 0.390 e. The molecule has 0 amide bonds. The fourth-order valence-corrected chi connectivity index (χ4v) is 4.55. The Labute approximate surface area is 163 Å². The van der Waals surface area contributed by atoms with E-state index in [1.165, 1.54) is 0 Å². The topological polar surface area (TPSA) is 40.5 Å². The van der Waals surface area contributed by atoms with Crippen LogP contribution >= 0.6 is 0 Å². The minimum atomic E-state index is -1.65. The maximum atomic E-state index is 15.8. The Bertz CT molecular complexity index is 700. The minimum absolute atomic E-state index is 0.00960. The van der Waals surface area contributed by atoms with Crippen molar-refractivity contribution in [3.8, 4) is 0 Å². The first kappa shape index (κ1) is 21.8. The van der Waals surface area contributed by atoms with E-state index in [1.807, 2.05) is 58.0 Å². The second-order valence-corrected chi connectivity index (χ2v) is 8.46. The van der Waals surface area contributed by atoms with Gasteiger partial charge in [-0.05, 0) is 53.9 Å². The third-order valence-corrected chi connectivity index (χ3v) is 5.76. The molecule has 0 heterocycles. The molecule has 1 aromatic carbocycles. The molecule has 1 aromatic rings. The summed E-state index contributed by atoms with van der Waals surface area (Å²) in [6.45, 7) is 11.5. The highest BCUT2D eigenvalue weighted by atomic mass is 19.1. The average molecular weight is 375 g/mol. The summed E-state index contributed by atoms with van der Waals surface area (Å²) in [5.41, 5.74) is 1.50. The number of unbranched alkanes of at least 4 members (excludes halogenated alkanes) is 1. The van der Waals surface area contributed by atoms with Gasteiger partial charge in [0.1, 0.15) is 11.4 Å². The summed E-state index contributed by atoms with van der Waals surface area (Å²) < 4.78 is 15.8. The zero-order valence-electron chi connectivity index (χ0n) is 17.6. The molecule has 2 rings (SSSR count). The van der Waals surface area contributed by atoms with E-state index in [9.17, 15) is 10.2 Å². The summed E-state index contributed by atoms with van der Waals surface area (Å²) in [6.07, 6.45) is 1.51. The standard InChI is InChI=1S/C24H35FO2/c1-7-8-14-19-20(15(2)3)23(25)21(16(4)5)24(27,17(6)26)22(19)18-12-10-9-11-13-18/h9-13,15-17,21,26-27H,7-8,14H2,1-6H3. The van der Waals surface area contributed by atoms with Crippen molar-refractivity contribution in [2.24, 2.45) is 17.8 Å². The molecule has 3 atom stereocenters. The van der Waals surface area contributed by atoms with Crippen molar-refractivity contribution in [2.75, 3.05) is 0 Å². The Morgan fingerprint density at radius 2 is 1.67 bits per heavy atom. The van der Waals surface area contributed by atoms with Crippen LogP contribution in [0.4, 0.5) is 4.39 Å². The van der Waals surface area contributed by atoms with Crippen molar-refractivity contribution in [3.63, 3.8) is 0 Å². The van der Waals surface area contributed by atoms with Crippen LogP contribution in [-0.4, -0.2) is 21.9 Å². The lowest BCUT2D eigenvalue weighted by molar-refractivity contribution is -0.0712. The Morgan fingerprint density at radius 1 is 1.07 bits per heavy atom. The predicted molar refractivity (Wildman–Crippen MR) is 111 cm³/mol. The fourth-order valence-electron chi connectivity index (χ4n) is 4.55. The van der Waals surface area contributed by atoms with E-state index in [2.05, 4.69) is 6.92 Å². The fraction of sp³-hybridized carbons (Fsp3) is 0.583. The molecule has 0 radical (unpaired) electrons. The van der Waals surface area contributed by atoms with Gasteiger partial charge in [0.15, 0.2) is 0 Å². The number of rotatable bonds is 7. The Morgan fingerprint density at radius 3 is 2.11 bits per heavy atom. The number of hydrogen-bond acceptors (Lipinski definition) is 2. The second-order valence-electron chi connectivity index (χ2n) is 8.46. The van der Waals surface area contributed by atoms with Crippen LogP contribution in [0.5, 0.6) is 0 Å². The van der Waals surface area contributed by atoms with Gasteiger partial charge in [-0.15, -0.1) is 0 Å². The molecule has 1 aliphatic rings. The van der Waals surface area contributed by atoms with E-state index in [-0.39, 0.29) is 17.7 Å². The number of aliphatic hydroxyl groups is 2. The van der Waals surface area contributed by atoms with Gasteiger partial charge in [0, 0.05) is 5.92 Å². The number of benzene rings is 1. The Balaban J connectivity index is 2.91. The summed E-state index contributed by atoms with van der Waals surface area (Å²) >= 11 is 0. The number of halogens is 1. The molecule has 0 saturated heterocycles. The smallest absolute Gasteiger partial charge is 0.125 e. The maximum Gasteiger partial charge on any atom is 0.125 e. The Kier molecular flexibility index (Phi) is 7.04. The molecule has 3 heteroatoms.